The van der Waals surface area contributed by atoms with Crippen molar-refractivity contribution in [2.45, 2.75) is 20.3 Å². The second-order valence-corrected chi connectivity index (χ2v) is 3.89. The van der Waals surface area contributed by atoms with Crippen molar-refractivity contribution in [1.29, 1.82) is 0 Å². The average Bonchev–Trinajstić information content (AvgIpc) is 1.97. The maximum atomic E-state index is 11.0. The van der Waals surface area contributed by atoms with Crippen LogP contribution in [0.2, 0.25) is 0 Å². The van der Waals surface area contributed by atoms with Gasteiger partial charge in [-0.05, 0) is 6.42 Å². The Morgan fingerprint density at radius 2 is 2.18 bits per heavy atom. The van der Waals surface area contributed by atoms with E-state index in [0.717, 1.165) is 19.5 Å². The van der Waals surface area contributed by atoms with E-state index in [2.05, 4.69) is 26.5 Å². The maximum Gasteiger partial charge on any atom is 0.232 e. The number of carbonyl (C=O) groups excluding carboxylic acids is 1. The zero-order valence-corrected chi connectivity index (χ0v) is 8.03. The van der Waals surface area contributed by atoms with Gasteiger partial charge in [-0.3, -0.25) is 4.79 Å². The molecule has 1 amide bonds. The molecule has 0 aromatic heterocycles. The number of thiol groups is 1. The van der Waals surface area contributed by atoms with Crippen molar-refractivity contribution < 1.29 is 4.79 Å². The van der Waals surface area contributed by atoms with E-state index in [4.69, 9.17) is 0 Å². The van der Waals surface area contributed by atoms with Crippen molar-refractivity contribution in [3.63, 3.8) is 0 Å². The molecule has 0 spiro atoms. The first-order valence-electron chi connectivity index (χ1n) is 4.00. The topological polar surface area (TPSA) is 20.3 Å². The van der Waals surface area contributed by atoms with Crippen molar-refractivity contribution in [2.24, 2.45) is 5.41 Å². The largest absolute Gasteiger partial charge is 0.341 e. The number of hydrogen-bond donors (Lipinski definition) is 1. The molecule has 1 aliphatic heterocycles. The average molecular weight is 173 g/mol. The molecule has 0 aliphatic carbocycles. The molecule has 1 heterocycles. The van der Waals surface area contributed by atoms with Crippen molar-refractivity contribution >= 4 is 18.5 Å². The Bertz CT molecular complexity index is 163. The predicted molar refractivity (Wildman–Crippen MR) is 48.8 cm³/mol. The molecule has 1 aliphatic rings. The standard InChI is InChI=1S/C8H15NOS/c1-3-8(2)5-9(6-8)7(10)4-11/h11H,3-6H2,1-2H3. The van der Waals surface area contributed by atoms with Gasteiger partial charge in [0.1, 0.15) is 0 Å². The van der Waals surface area contributed by atoms with E-state index in [9.17, 15) is 4.79 Å². The van der Waals surface area contributed by atoms with Crippen LogP contribution >= 0.6 is 12.6 Å². The fourth-order valence-electron chi connectivity index (χ4n) is 1.38. The molecule has 1 rings (SSSR count). The smallest absolute Gasteiger partial charge is 0.232 e. The highest BCUT2D eigenvalue weighted by atomic mass is 32.1. The number of likely N-dealkylation sites (tertiary alicyclic amines) is 1. The van der Waals surface area contributed by atoms with Crippen LogP contribution in [0.25, 0.3) is 0 Å². The molecule has 0 unspecified atom stereocenters. The molecule has 11 heavy (non-hydrogen) atoms. The molecule has 0 bridgehead atoms. The van der Waals surface area contributed by atoms with Crippen LogP contribution in [-0.2, 0) is 4.79 Å². The minimum atomic E-state index is 0.166. The quantitative estimate of drug-likeness (QED) is 0.622. The van der Waals surface area contributed by atoms with Gasteiger partial charge in [0.05, 0.1) is 5.75 Å². The lowest BCUT2D eigenvalue weighted by Crippen LogP contribution is -2.57. The summed E-state index contributed by atoms with van der Waals surface area (Å²) in [7, 11) is 0. The Morgan fingerprint density at radius 3 is 2.55 bits per heavy atom. The van der Waals surface area contributed by atoms with E-state index in [-0.39, 0.29) is 5.91 Å². The van der Waals surface area contributed by atoms with Gasteiger partial charge in [-0.25, -0.2) is 0 Å². The summed E-state index contributed by atoms with van der Waals surface area (Å²) in [6.07, 6.45) is 1.16. The molecule has 0 atom stereocenters. The monoisotopic (exact) mass is 173 g/mol. The van der Waals surface area contributed by atoms with Crippen molar-refractivity contribution in [2.75, 3.05) is 18.8 Å². The minimum Gasteiger partial charge on any atom is -0.341 e. The molecule has 0 aromatic rings. The normalized spacial score (nSPS) is 21.2. The van der Waals surface area contributed by atoms with E-state index < -0.39 is 0 Å². The van der Waals surface area contributed by atoms with E-state index in [1.807, 2.05) is 4.90 Å². The van der Waals surface area contributed by atoms with E-state index in [1.165, 1.54) is 0 Å². The Balaban J connectivity index is 2.34. The summed E-state index contributed by atoms with van der Waals surface area (Å²) in [5.74, 6) is 0.513. The third kappa shape index (κ3) is 1.70. The molecule has 0 radical (unpaired) electrons. The van der Waals surface area contributed by atoms with Crippen LogP contribution in [0, 0.1) is 5.41 Å². The van der Waals surface area contributed by atoms with E-state index in [1.54, 1.807) is 0 Å². The molecule has 1 fully saturated rings. The van der Waals surface area contributed by atoms with Gasteiger partial charge in [0.25, 0.3) is 0 Å². The zero-order valence-electron chi connectivity index (χ0n) is 7.13. The lowest BCUT2D eigenvalue weighted by Gasteiger charge is -2.47. The number of amides is 1. The number of nitrogens with zero attached hydrogens (tertiary/aromatic N) is 1. The second kappa shape index (κ2) is 3.05. The van der Waals surface area contributed by atoms with Crippen molar-refractivity contribution in [1.82, 2.24) is 4.90 Å². The number of hydrogen-bond acceptors (Lipinski definition) is 2. The molecule has 0 N–H and O–H groups in total. The zero-order chi connectivity index (χ0) is 8.48. The number of rotatable bonds is 2. The molecule has 0 aromatic carbocycles. The molecule has 0 saturated carbocycles. The first-order valence-corrected chi connectivity index (χ1v) is 4.63. The molecule has 64 valence electrons. The van der Waals surface area contributed by atoms with Gasteiger partial charge in [-0.15, -0.1) is 0 Å². The highest BCUT2D eigenvalue weighted by Crippen LogP contribution is 2.32. The van der Waals surface area contributed by atoms with Crippen molar-refractivity contribution in [3.05, 3.63) is 0 Å². The van der Waals surface area contributed by atoms with Crippen LogP contribution in [0.15, 0.2) is 0 Å². The fourth-order valence-corrected chi connectivity index (χ4v) is 1.58. The summed E-state index contributed by atoms with van der Waals surface area (Å²) in [6, 6.07) is 0. The third-order valence-corrected chi connectivity index (χ3v) is 2.76. The first-order chi connectivity index (χ1) is 5.11. The van der Waals surface area contributed by atoms with E-state index in [0.29, 0.717) is 11.2 Å². The fraction of sp³-hybridized carbons (Fsp3) is 0.875. The Labute approximate surface area is 73.4 Å². The lowest BCUT2D eigenvalue weighted by molar-refractivity contribution is -0.139. The van der Waals surface area contributed by atoms with Gasteiger partial charge in [0.2, 0.25) is 5.91 Å². The summed E-state index contributed by atoms with van der Waals surface area (Å²) < 4.78 is 0. The summed E-state index contributed by atoms with van der Waals surface area (Å²) in [5, 5.41) is 0. The molecular formula is C8H15NOS. The van der Waals surface area contributed by atoms with Gasteiger partial charge in [0.15, 0.2) is 0 Å². The van der Waals surface area contributed by atoms with Crippen LogP contribution in [0.1, 0.15) is 20.3 Å². The molecule has 2 nitrogen and oxygen atoms in total. The van der Waals surface area contributed by atoms with Crippen molar-refractivity contribution in [3.8, 4) is 0 Å². The Kier molecular flexibility index (Phi) is 2.47. The van der Waals surface area contributed by atoms with Gasteiger partial charge >= 0.3 is 0 Å². The van der Waals surface area contributed by atoms with E-state index >= 15 is 0 Å². The van der Waals surface area contributed by atoms with Crippen LogP contribution in [0.4, 0.5) is 0 Å². The second-order valence-electron chi connectivity index (χ2n) is 3.57. The summed E-state index contributed by atoms with van der Waals surface area (Å²) in [5.41, 5.74) is 0.388. The lowest BCUT2D eigenvalue weighted by atomic mass is 9.79. The van der Waals surface area contributed by atoms with Gasteiger partial charge in [-0.2, -0.15) is 12.6 Å². The predicted octanol–water partition coefficient (Wildman–Crippen LogP) is 1.17. The van der Waals surface area contributed by atoms with Crippen LogP contribution in [0.3, 0.4) is 0 Å². The summed E-state index contributed by atoms with van der Waals surface area (Å²) in [4.78, 5) is 12.9. The minimum absolute atomic E-state index is 0.166. The summed E-state index contributed by atoms with van der Waals surface area (Å²) in [6.45, 7) is 6.23. The molecule has 1 saturated heterocycles. The van der Waals surface area contributed by atoms with Crippen LogP contribution in [-0.4, -0.2) is 29.6 Å². The SMILES string of the molecule is CCC1(C)CN(C(=O)CS)C1. The van der Waals surface area contributed by atoms with Crippen LogP contribution < -0.4 is 0 Å². The number of carbonyl (C=O) groups is 1. The first kappa shape index (κ1) is 8.91. The highest BCUT2D eigenvalue weighted by Gasteiger charge is 2.38. The maximum absolute atomic E-state index is 11.0. The summed E-state index contributed by atoms with van der Waals surface area (Å²) >= 11 is 3.94. The molecular weight excluding hydrogens is 158 g/mol. The van der Waals surface area contributed by atoms with Gasteiger partial charge in [0, 0.05) is 18.5 Å². The third-order valence-electron chi connectivity index (χ3n) is 2.49. The Hall–Kier alpha value is -0.180. The Morgan fingerprint density at radius 1 is 1.64 bits per heavy atom. The highest BCUT2D eigenvalue weighted by molar-refractivity contribution is 7.81. The van der Waals surface area contributed by atoms with Gasteiger partial charge < -0.3 is 4.90 Å². The van der Waals surface area contributed by atoms with Gasteiger partial charge in [-0.1, -0.05) is 13.8 Å². The van der Waals surface area contributed by atoms with Crippen LogP contribution in [0.5, 0.6) is 0 Å². The molecule has 3 heteroatoms.